The lowest BCUT2D eigenvalue weighted by Crippen LogP contribution is -3.00. The fourth-order valence-electron chi connectivity index (χ4n) is 2.47. The lowest BCUT2D eigenvalue weighted by Gasteiger charge is -2.20. The number of benzene rings is 2. The highest BCUT2D eigenvalue weighted by Gasteiger charge is 2.25. The standard InChI is InChI=1S/C19H24ClN3O3S.ClH/c1-22(2)13-7-12-21-19(24)15-10-11-17(20)18(14-15)27(25,26)23(3)16-8-5-4-6-9-16;/h4-6,8-11,14H,7,12-13H2,1-3H3,(H,21,24);1H/p-1. The Labute approximate surface area is 177 Å². The van der Waals surface area contributed by atoms with Gasteiger partial charge in [-0.25, -0.2) is 8.42 Å². The van der Waals surface area contributed by atoms with Crippen LogP contribution in [0, 0.1) is 0 Å². The first kappa shape index (κ1) is 24.2. The van der Waals surface area contributed by atoms with Gasteiger partial charge in [-0.1, -0.05) is 29.8 Å². The van der Waals surface area contributed by atoms with Gasteiger partial charge in [0, 0.05) is 19.2 Å². The monoisotopic (exact) mass is 444 g/mol. The smallest absolute Gasteiger partial charge is 0.265 e. The molecule has 0 spiro atoms. The van der Waals surface area contributed by atoms with E-state index in [0.717, 1.165) is 17.3 Å². The van der Waals surface area contributed by atoms with Crippen molar-refractivity contribution in [1.82, 2.24) is 10.2 Å². The van der Waals surface area contributed by atoms with Crippen LogP contribution in [-0.4, -0.2) is 53.5 Å². The zero-order valence-electron chi connectivity index (χ0n) is 16.0. The van der Waals surface area contributed by atoms with Crippen molar-refractivity contribution in [2.45, 2.75) is 11.3 Å². The van der Waals surface area contributed by atoms with Gasteiger partial charge in [0.2, 0.25) is 0 Å². The minimum Gasteiger partial charge on any atom is -1.00 e. The fraction of sp³-hybridized carbons (Fsp3) is 0.316. The van der Waals surface area contributed by atoms with E-state index < -0.39 is 10.0 Å². The number of hydrogen-bond donors (Lipinski definition) is 1. The molecule has 0 radical (unpaired) electrons. The van der Waals surface area contributed by atoms with Crippen LogP contribution in [-0.2, 0) is 10.0 Å². The average Bonchev–Trinajstić information content (AvgIpc) is 2.65. The van der Waals surface area contributed by atoms with Crippen LogP contribution < -0.4 is 22.0 Å². The number of halogens is 2. The number of carbonyl (C=O) groups excluding carboxylic acids is 1. The highest BCUT2D eigenvalue weighted by Crippen LogP contribution is 2.28. The first-order valence-electron chi connectivity index (χ1n) is 8.50. The molecule has 2 aromatic rings. The molecular weight excluding hydrogens is 421 g/mol. The first-order chi connectivity index (χ1) is 12.7. The average molecular weight is 445 g/mol. The maximum atomic E-state index is 13.0. The van der Waals surface area contributed by atoms with Gasteiger partial charge in [0.1, 0.15) is 4.90 Å². The Balaban J connectivity index is 0.00000392. The number of anilines is 1. The molecule has 9 heteroatoms. The van der Waals surface area contributed by atoms with Crippen LogP contribution in [0.15, 0.2) is 53.4 Å². The van der Waals surface area contributed by atoms with Crippen LogP contribution in [0.1, 0.15) is 16.8 Å². The second-order valence-electron chi connectivity index (χ2n) is 6.37. The number of carbonyl (C=O) groups is 1. The van der Waals surface area contributed by atoms with Crippen LogP contribution in [0.2, 0.25) is 5.02 Å². The van der Waals surface area contributed by atoms with Gasteiger partial charge in [0.25, 0.3) is 15.9 Å². The van der Waals surface area contributed by atoms with Gasteiger partial charge in [-0.2, -0.15) is 0 Å². The quantitative estimate of drug-likeness (QED) is 0.574. The van der Waals surface area contributed by atoms with Crippen LogP contribution in [0.5, 0.6) is 0 Å². The number of nitrogens with one attached hydrogen (secondary N) is 1. The third-order valence-corrected chi connectivity index (χ3v) is 6.29. The Kier molecular flexibility index (Phi) is 9.23. The van der Waals surface area contributed by atoms with E-state index in [2.05, 4.69) is 5.32 Å². The topological polar surface area (TPSA) is 69.7 Å². The number of sulfonamides is 1. The molecule has 1 amide bonds. The Hall–Kier alpha value is -1.80. The molecule has 154 valence electrons. The van der Waals surface area contributed by atoms with E-state index >= 15 is 0 Å². The fourth-order valence-corrected chi connectivity index (χ4v) is 4.16. The summed E-state index contributed by atoms with van der Waals surface area (Å²) >= 11 is 6.14. The van der Waals surface area contributed by atoms with Gasteiger partial charge < -0.3 is 22.6 Å². The minimum atomic E-state index is -3.90. The third kappa shape index (κ3) is 6.10. The summed E-state index contributed by atoms with van der Waals surface area (Å²) in [5, 5.41) is 2.87. The molecule has 28 heavy (non-hydrogen) atoms. The van der Waals surface area contributed by atoms with Crippen LogP contribution in [0.4, 0.5) is 5.69 Å². The Morgan fingerprint density at radius 1 is 1.07 bits per heavy atom. The van der Waals surface area contributed by atoms with Gasteiger partial charge in [-0.05, 0) is 57.4 Å². The molecular formula is C19H24Cl2N3O3S-. The van der Waals surface area contributed by atoms with Crippen molar-refractivity contribution in [3.8, 4) is 0 Å². The van der Waals surface area contributed by atoms with Gasteiger partial charge in [-0.3, -0.25) is 9.10 Å². The zero-order valence-corrected chi connectivity index (χ0v) is 18.4. The number of amides is 1. The molecule has 2 rings (SSSR count). The minimum absolute atomic E-state index is 0. The Bertz CT molecular complexity index is 891. The summed E-state index contributed by atoms with van der Waals surface area (Å²) in [6.07, 6.45) is 0.800. The Morgan fingerprint density at radius 3 is 2.32 bits per heavy atom. The lowest BCUT2D eigenvalue weighted by atomic mass is 10.2. The van der Waals surface area contributed by atoms with E-state index in [1.54, 1.807) is 30.3 Å². The number of rotatable bonds is 8. The highest BCUT2D eigenvalue weighted by atomic mass is 35.5. The molecule has 1 N–H and O–H groups in total. The summed E-state index contributed by atoms with van der Waals surface area (Å²) in [5.41, 5.74) is 0.761. The van der Waals surface area contributed by atoms with E-state index in [0.29, 0.717) is 12.2 Å². The summed E-state index contributed by atoms with van der Waals surface area (Å²) in [5.74, 6) is -0.329. The summed E-state index contributed by atoms with van der Waals surface area (Å²) in [6.45, 7) is 1.36. The SMILES string of the molecule is CN(C)CCCNC(=O)c1ccc(Cl)c(S(=O)(=O)N(C)c2ccccc2)c1.[Cl-]. The molecule has 0 aromatic heterocycles. The zero-order chi connectivity index (χ0) is 20.0. The second-order valence-corrected chi connectivity index (χ2v) is 8.71. The normalized spacial score (nSPS) is 11.0. The molecule has 0 fully saturated rings. The van der Waals surface area contributed by atoms with E-state index in [-0.39, 0.29) is 33.8 Å². The molecule has 0 saturated carbocycles. The summed E-state index contributed by atoms with van der Waals surface area (Å²) in [4.78, 5) is 14.3. The molecule has 0 aliphatic heterocycles. The lowest BCUT2D eigenvalue weighted by molar-refractivity contribution is -0.0000162. The predicted octanol–water partition coefficient (Wildman–Crippen LogP) is -0.149. The molecule has 0 saturated heterocycles. The number of para-hydroxylation sites is 1. The molecule has 0 atom stereocenters. The van der Waals surface area contributed by atoms with Gasteiger partial charge in [-0.15, -0.1) is 0 Å². The van der Waals surface area contributed by atoms with Gasteiger partial charge in [0.05, 0.1) is 10.7 Å². The van der Waals surface area contributed by atoms with Crippen LogP contribution in [0.25, 0.3) is 0 Å². The third-order valence-electron chi connectivity index (χ3n) is 4.02. The summed E-state index contributed by atoms with van der Waals surface area (Å²) in [7, 11) is 1.47. The first-order valence-corrected chi connectivity index (χ1v) is 10.3. The maximum Gasteiger partial charge on any atom is 0.265 e. The van der Waals surface area contributed by atoms with E-state index in [9.17, 15) is 13.2 Å². The molecule has 2 aromatic carbocycles. The largest absolute Gasteiger partial charge is 1.00 e. The predicted molar refractivity (Wildman–Crippen MR) is 109 cm³/mol. The van der Waals surface area contributed by atoms with E-state index in [1.165, 1.54) is 25.2 Å². The molecule has 0 aliphatic rings. The van der Waals surface area contributed by atoms with Gasteiger partial charge in [0.15, 0.2) is 0 Å². The highest BCUT2D eigenvalue weighted by molar-refractivity contribution is 7.93. The van der Waals surface area contributed by atoms with Crippen molar-refractivity contribution in [3.63, 3.8) is 0 Å². The number of nitrogens with zero attached hydrogens (tertiary/aromatic N) is 2. The molecule has 0 heterocycles. The van der Waals surface area contributed by atoms with E-state index in [4.69, 9.17) is 11.6 Å². The van der Waals surface area contributed by atoms with Crippen LogP contribution >= 0.6 is 11.6 Å². The molecule has 0 aliphatic carbocycles. The van der Waals surface area contributed by atoms with Crippen molar-refractivity contribution < 1.29 is 25.6 Å². The van der Waals surface area contributed by atoms with Crippen molar-refractivity contribution in [2.75, 3.05) is 38.5 Å². The van der Waals surface area contributed by atoms with Crippen LogP contribution in [0.3, 0.4) is 0 Å². The number of hydrogen-bond acceptors (Lipinski definition) is 4. The molecule has 6 nitrogen and oxygen atoms in total. The molecule has 0 bridgehead atoms. The maximum absolute atomic E-state index is 13.0. The van der Waals surface area contributed by atoms with E-state index in [1.807, 2.05) is 19.0 Å². The van der Waals surface area contributed by atoms with Crippen molar-refractivity contribution >= 4 is 33.2 Å². The van der Waals surface area contributed by atoms with Crippen molar-refractivity contribution in [3.05, 3.63) is 59.1 Å². The summed E-state index contributed by atoms with van der Waals surface area (Å²) < 4.78 is 27.1. The van der Waals surface area contributed by atoms with Crippen molar-refractivity contribution in [1.29, 1.82) is 0 Å². The molecule has 0 unspecified atom stereocenters. The second kappa shape index (κ2) is 10.7. The van der Waals surface area contributed by atoms with Gasteiger partial charge >= 0.3 is 0 Å². The Morgan fingerprint density at radius 2 is 1.71 bits per heavy atom. The van der Waals surface area contributed by atoms with Crippen molar-refractivity contribution in [2.24, 2.45) is 0 Å². The summed E-state index contributed by atoms with van der Waals surface area (Å²) in [6, 6.07) is 12.9.